The molecule has 3 fully saturated rings. The topological polar surface area (TPSA) is 36.0 Å². The lowest BCUT2D eigenvalue weighted by atomic mass is 9.81. The molecule has 3 heterocycles. The largest absolute Gasteiger partial charge is 0.375 e. The second-order valence-electron chi connectivity index (χ2n) is 9.52. The molecule has 1 amide bonds. The van der Waals surface area contributed by atoms with Gasteiger partial charge in [0, 0.05) is 64.0 Å². The van der Waals surface area contributed by atoms with E-state index in [0.717, 1.165) is 71.6 Å². The first-order valence-corrected chi connectivity index (χ1v) is 11.5. The van der Waals surface area contributed by atoms with Crippen LogP contribution in [0.3, 0.4) is 0 Å². The number of anilines is 1. The first-order chi connectivity index (χ1) is 14.0. The smallest absolute Gasteiger partial charge is 0.222 e. The number of carbonyl (C=O) groups is 1. The van der Waals surface area contributed by atoms with Gasteiger partial charge in [0.1, 0.15) is 0 Å². The lowest BCUT2D eigenvalue weighted by Crippen LogP contribution is -2.57. The van der Waals surface area contributed by atoms with E-state index < -0.39 is 0 Å². The van der Waals surface area contributed by atoms with Crippen LogP contribution < -0.4 is 4.90 Å². The van der Waals surface area contributed by atoms with Crippen molar-refractivity contribution in [2.45, 2.75) is 57.6 Å². The van der Waals surface area contributed by atoms with Crippen molar-refractivity contribution in [3.63, 3.8) is 0 Å². The summed E-state index contributed by atoms with van der Waals surface area (Å²) in [4.78, 5) is 19.7. The zero-order chi connectivity index (χ0) is 20.3. The van der Waals surface area contributed by atoms with Crippen LogP contribution in [0.5, 0.6) is 0 Å². The Balaban J connectivity index is 1.29. The highest BCUT2D eigenvalue weighted by atomic mass is 16.5. The summed E-state index contributed by atoms with van der Waals surface area (Å²) in [6.45, 7) is 11.3. The maximum absolute atomic E-state index is 12.4. The highest BCUT2D eigenvalue weighted by Crippen LogP contribution is 2.37. The Hall–Kier alpha value is -1.59. The van der Waals surface area contributed by atoms with E-state index in [1.165, 1.54) is 5.69 Å². The van der Waals surface area contributed by atoms with E-state index in [4.69, 9.17) is 4.74 Å². The lowest BCUT2D eigenvalue weighted by Gasteiger charge is -2.50. The monoisotopic (exact) mass is 399 g/mol. The quantitative estimate of drug-likeness (QED) is 0.778. The molecule has 0 aromatic heterocycles. The summed E-state index contributed by atoms with van der Waals surface area (Å²) in [6.07, 6.45) is 4.93. The van der Waals surface area contributed by atoms with Crippen LogP contribution >= 0.6 is 0 Å². The van der Waals surface area contributed by atoms with Gasteiger partial charge in [-0.25, -0.2) is 0 Å². The minimum Gasteiger partial charge on any atom is -0.375 e. The Morgan fingerprint density at radius 2 is 1.76 bits per heavy atom. The normalized spacial score (nSPS) is 25.6. The lowest BCUT2D eigenvalue weighted by molar-refractivity contribution is -0.149. The van der Waals surface area contributed by atoms with Crippen LogP contribution in [0.15, 0.2) is 30.3 Å². The molecule has 5 nitrogen and oxygen atoms in total. The average Bonchev–Trinajstić information content (AvgIpc) is 2.74. The van der Waals surface area contributed by atoms with Crippen LogP contribution in [-0.4, -0.2) is 73.2 Å². The molecule has 0 aliphatic carbocycles. The van der Waals surface area contributed by atoms with Crippen LogP contribution in [0.1, 0.15) is 46.0 Å². The number of piperidine rings is 1. The third-order valence-electron chi connectivity index (χ3n) is 7.03. The first-order valence-electron chi connectivity index (χ1n) is 11.5. The van der Waals surface area contributed by atoms with Crippen molar-refractivity contribution in [2.75, 3.05) is 50.8 Å². The van der Waals surface area contributed by atoms with Gasteiger partial charge in [0.15, 0.2) is 0 Å². The van der Waals surface area contributed by atoms with Crippen LogP contribution in [0.2, 0.25) is 0 Å². The second-order valence-corrected chi connectivity index (χ2v) is 9.52. The van der Waals surface area contributed by atoms with Crippen molar-refractivity contribution in [3.8, 4) is 0 Å². The number of carbonyl (C=O) groups excluding carboxylic acids is 1. The summed E-state index contributed by atoms with van der Waals surface area (Å²) >= 11 is 0. The van der Waals surface area contributed by atoms with Gasteiger partial charge in [-0.05, 0) is 43.7 Å². The minimum absolute atomic E-state index is 0.00586. The van der Waals surface area contributed by atoms with Crippen molar-refractivity contribution in [3.05, 3.63) is 30.3 Å². The summed E-state index contributed by atoms with van der Waals surface area (Å²) in [7, 11) is 0. The van der Waals surface area contributed by atoms with Gasteiger partial charge in [-0.2, -0.15) is 0 Å². The van der Waals surface area contributed by atoms with Crippen molar-refractivity contribution in [1.82, 2.24) is 9.80 Å². The Morgan fingerprint density at radius 1 is 1.07 bits per heavy atom. The van der Waals surface area contributed by atoms with Crippen LogP contribution in [0, 0.1) is 5.92 Å². The van der Waals surface area contributed by atoms with Crippen molar-refractivity contribution < 1.29 is 9.53 Å². The van der Waals surface area contributed by atoms with Gasteiger partial charge >= 0.3 is 0 Å². The number of likely N-dealkylation sites (tertiary alicyclic amines) is 1. The van der Waals surface area contributed by atoms with E-state index in [9.17, 15) is 4.79 Å². The van der Waals surface area contributed by atoms with E-state index in [1.54, 1.807) is 0 Å². The zero-order valence-corrected chi connectivity index (χ0v) is 18.2. The van der Waals surface area contributed by atoms with Crippen molar-refractivity contribution >= 4 is 11.6 Å². The standard InChI is InChI=1S/C24H37N3O2/c1-20(2)18-23(28)27-11-9-24(10-12-27)19-22(8-17-29-24)26-15-13-25(14-16-26)21-6-4-3-5-7-21/h3-7,20,22H,8-19H2,1-2H3/t22-/m1/s1. The molecule has 3 aliphatic heterocycles. The maximum Gasteiger partial charge on any atom is 0.222 e. The van der Waals surface area contributed by atoms with E-state index in [0.29, 0.717) is 24.3 Å². The molecule has 5 heteroatoms. The highest BCUT2D eigenvalue weighted by Gasteiger charge is 2.42. The maximum atomic E-state index is 12.4. The Morgan fingerprint density at radius 3 is 2.41 bits per heavy atom. The fraction of sp³-hybridized carbons (Fsp3) is 0.708. The summed E-state index contributed by atoms with van der Waals surface area (Å²) in [5, 5.41) is 0. The third-order valence-corrected chi connectivity index (χ3v) is 7.03. The number of amides is 1. The third kappa shape index (κ3) is 4.95. The molecule has 3 saturated heterocycles. The Bertz CT molecular complexity index is 662. The number of benzene rings is 1. The number of ether oxygens (including phenoxy) is 1. The SMILES string of the molecule is CC(C)CC(=O)N1CCC2(CC1)C[C@H](N1CCN(c3ccccc3)CC1)CCO2. The fourth-order valence-corrected chi connectivity index (χ4v) is 5.29. The van der Waals surface area contributed by atoms with Crippen molar-refractivity contribution in [1.29, 1.82) is 0 Å². The molecule has 0 saturated carbocycles. The fourth-order valence-electron chi connectivity index (χ4n) is 5.29. The summed E-state index contributed by atoms with van der Waals surface area (Å²) < 4.78 is 6.35. The van der Waals surface area contributed by atoms with Gasteiger partial charge in [-0.15, -0.1) is 0 Å². The van der Waals surface area contributed by atoms with Crippen LogP contribution in [0.25, 0.3) is 0 Å². The van der Waals surface area contributed by atoms with Gasteiger partial charge in [-0.1, -0.05) is 32.0 Å². The van der Waals surface area contributed by atoms with Crippen LogP contribution in [-0.2, 0) is 9.53 Å². The molecule has 1 atom stereocenters. The minimum atomic E-state index is -0.00586. The molecular weight excluding hydrogens is 362 g/mol. The van der Waals surface area contributed by atoms with Crippen molar-refractivity contribution in [2.24, 2.45) is 5.92 Å². The molecule has 29 heavy (non-hydrogen) atoms. The van der Waals surface area contributed by atoms with Gasteiger partial charge < -0.3 is 14.5 Å². The Labute approximate surface area is 176 Å². The molecule has 1 spiro atoms. The summed E-state index contributed by atoms with van der Waals surface area (Å²) in [6, 6.07) is 11.4. The zero-order valence-electron chi connectivity index (χ0n) is 18.2. The molecule has 160 valence electrons. The predicted octanol–water partition coefficient (Wildman–Crippen LogP) is 3.39. The number of rotatable bonds is 4. The molecule has 0 radical (unpaired) electrons. The molecule has 4 rings (SSSR count). The number of piperazine rings is 1. The van der Waals surface area contributed by atoms with E-state index in [1.807, 2.05) is 0 Å². The van der Waals surface area contributed by atoms with E-state index >= 15 is 0 Å². The number of nitrogens with zero attached hydrogens (tertiary/aromatic N) is 3. The van der Waals surface area contributed by atoms with E-state index in [2.05, 4.69) is 58.9 Å². The molecule has 1 aromatic carbocycles. The summed E-state index contributed by atoms with van der Waals surface area (Å²) in [5.41, 5.74) is 1.34. The number of para-hydroxylation sites is 1. The van der Waals surface area contributed by atoms with Gasteiger partial charge in [-0.3, -0.25) is 9.69 Å². The van der Waals surface area contributed by atoms with E-state index in [-0.39, 0.29) is 5.60 Å². The summed E-state index contributed by atoms with van der Waals surface area (Å²) in [5.74, 6) is 0.752. The van der Waals surface area contributed by atoms with Crippen LogP contribution in [0.4, 0.5) is 5.69 Å². The molecule has 0 N–H and O–H groups in total. The first kappa shape index (κ1) is 20.7. The highest BCUT2D eigenvalue weighted by molar-refractivity contribution is 5.76. The molecular formula is C24H37N3O2. The Kier molecular flexibility index (Phi) is 6.45. The molecule has 0 unspecified atom stereocenters. The average molecular weight is 400 g/mol. The van der Waals surface area contributed by atoms with Gasteiger partial charge in [0.05, 0.1) is 5.60 Å². The number of hydrogen-bond donors (Lipinski definition) is 0. The molecule has 1 aromatic rings. The number of hydrogen-bond acceptors (Lipinski definition) is 4. The van der Waals surface area contributed by atoms with Gasteiger partial charge in [0.25, 0.3) is 0 Å². The van der Waals surface area contributed by atoms with Gasteiger partial charge in [0.2, 0.25) is 5.91 Å². The second kappa shape index (κ2) is 9.05. The molecule has 3 aliphatic rings. The molecule has 0 bridgehead atoms. The predicted molar refractivity (Wildman–Crippen MR) is 117 cm³/mol.